The molecule has 0 unspecified atom stereocenters. The van der Waals surface area contributed by atoms with E-state index in [1.807, 2.05) is 0 Å². The molecule has 1 N–H and O–H groups in total. The maximum atomic E-state index is 13.3. The maximum Gasteiger partial charge on any atom is 0.260 e. The highest BCUT2D eigenvalue weighted by Crippen LogP contribution is 2.55. The summed E-state index contributed by atoms with van der Waals surface area (Å²) >= 11 is 5.56. The Bertz CT molecular complexity index is 872. The van der Waals surface area contributed by atoms with E-state index in [9.17, 15) is 18.0 Å². The maximum absolute atomic E-state index is 13.3. The molecule has 1 fully saturated rings. The van der Waals surface area contributed by atoms with Gasteiger partial charge in [-0.25, -0.2) is 13.2 Å². The van der Waals surface area contributed by atoms with Crippen LogP contribution in [0.3, 0.4) is 0 Å². The number of rotatable bonds is 8. The van der Waals surface area contributed by atoms with E-state index in [1.165, 1.54) is 12.1 Å². The molecule has 1 heterocycles. The fraction of sp³-hybridized carbons (Fsp3) is 0.353. The predicted octanol–water partition coefficient (Wildman–Crippen LogP) is 3.58. The highest BCUT2D eigenvalue weighted by atomic mass is 35.5. The number of carbonyl (C=O) groups excluding carboxylic acids is 1. The summed E-state index contributed by atoms with van der Waals surface area (Å²) in [7, 11) is 0. The Morgan fingerprint density at radius 2 is 2.19 bits per heavy atom. The first-order valence-electron chi connectivity index (χ1n) is 8.00. The highest BCUT2D eigenvalue weighted by Gasteiger charge is 2.61. The molecule has 10 heteroatoms. The van der Waals surface area contributed by atoms with E-state index in [0.29, 0.717) is 5.57 Å². The Morgan fingerprint density at radius 3 is 2.85 bits per heavy atom. The molecule has 1 aromatic heterocycles. The third kappa shape index (κ3) is 4.79. The minimum atomic E-state index is -2.79. The molecule has 27 heavy (non-hydrogen) atoms. The number of hydrogen-bond acceptors (Lipinski definition) is 5. The molecule has 0 aliphatic heterocycles. The van der Waals surface area contributed by atoms with E-state index in [2.05, 4.69) is 22.1 Å². The number of aromatic nitrogens is 2. The lowest BCUT2D eigenvalue weighted by Crippen LogP contribution is -2.29. The number of halogens is 4. The van der Waals surface area contributed by atoms with E-state index in [-0.39, 0.29) is 48.5 Å². The number of ether oxygens (including phenoxy) is 1. The van der Waals surface area contributed by atoms with Crippen LogP contribution in [-0.4, -0.2) is 35.2 Å². The minimum Gasteiger partial charge on any atom is -0.484 e. The van der Waals surface area contributed by atoms with Gasteiger partial charge < -0.3 is 14.5 Å². The van der Waals surface area contributed by atoms with Crippen molar-refractivity contribution in [2.75, 3.05) is 13.2 Å². The molecule has 1 amide bonds. The van der Waals surface area contributed by atoms with Crippen LogP contribution >= 0.6 is 11.6 Å². The predicted molar refractivity (Wildman–Crippen MR) is 90.2 cm³/mol. The Morgan fingerprint density at radius 1 is 1.44 bits per heavy atom. The normalized spacial score (nSPS) is 17.4. The van der Waals surface area contributed by atoms with Crippen molar-refractivity contribution >= 4 is 23.1 Å². The van der Waals surface area contributed by atoms with Crippen LogP contribution in [-0.2, 0) is 4.79 Å². The number of amides is 1. The summed E-state index contributed by atoms with van der Waals surface area (Å²) in [5, 5.41) is 9.85. The highest BCUT2D eigenvalue weighted by molar-refractivity contribution is 6.30. The van der Waals surface area contributed by atoms with Gasteiger partial charge in [0.15, 0.2) is 6.61 Å². The molecule has 0 bridgehead atoms. The standard InChI is InChI=1S/C17H15ClF3N3O3/c1-9(15-23-24-16(27-15)11-7-17(11,20)21)4-5-22-14(25)8-26-10-2-3-12(18)13(19)6-10/h2-3,6,11H,1,4-5,7-8H2,(H,22,25)/t11-/m1/s1. The molecule has 1 aromatic carbocycles. The molecule has 3 rings (SSSR count). The Labute approximate surface area is 157 Å². The molecule has 0 spiro atoms. The van der Waals surface area contributed by atoms with Gasteiger partial charge in [0.05, 0.1) is 5.02 Å². The lowest BCUT2D eigenvalue weighted by molar-refractivity contribution is -0.123. The van der Waals surface area contributed by atoms with E-state index in [0.717, 1.165) is 6.07 Å². The van der Waals surface area contributed by atoms with Crippen LogP contribution in [0.5, 0.6) is 5.75 Å². The van der Waals surface area contributed by atoms with Crippen LogP contribution in [0.4, 0.5) is 13.2 Å². The lowest BCUT2D eigenvalue weighted by atomic mass is 10.2. The molecule has 0 radical (unpaired) electrons. The van der Waals surface area contributed by atoms with Gasteiger partial charge in [-0.2, -0.15) is 0 Å². The van der Waals surface area contributed by atoms with Gasteiger partial charge in [0.25, 0.3) is 11.8 Å². The van der Waals surface area contributed by atoms with Crippen molar-refractivity contribution in [1.29, 1.82) is 0 Å². The Kier molecular flexibility index (Phi) is 5.41. The average molecular weight is 402 g/mol. The van der Waals surface area contributed by atoms with E-state index >= 15 is 0 Å². The van der Waals surface area contributed by atoms with Gasteiger partial charge in [-0.15, -0.1) is 10.2 Å². The monoisotopic (exact) mass is 401 g/mol. The third-order valence-electron chi connectivity index (χ3n) is 3.88. The molecular weight excluding hydrogens is 387 g/mol. The molecule has 1 aliphatic rings. The summed E-state index contributed by atoms with van der Waals surface area (Å²) in [6, 6.07) is 3.84. The van der Waals surface area contributed by atoms with Gasteiger partial charge in [0.1, 0.15) is 17.5 Å². The van der Waals surface area contributed by atoms with E-state index < -0.39 is 23.6 Å². The average Bonchev–Trinajstić information content (AvgIpc) is 3.04. The number of hydrogen-bond donors (Lipinski definition) is 1. The van der Waals surface area contributed by atoms with Gasteiger partial charge in [0, 0.05) is 24.6 Å². The smallest absolute Gasteiger partial charge is 0.260 e. The van der Waals surface area contributed by atoms with Gasteiger partial charge in [0.2, 0.25) is 11.8 Å². The molecule has 0 saturated heterocycles. The fourth-order valence-electron chi connectivity index (χ4n) is 2.23. The summed E-state index contributed by atoms with van der Waals surface area (Å²) in [4.78, 5) is 11.7. The third-order valence-corrected chi connectivity index (χ3v) is 4.18. The first-order chi connectivity index (χ1) is 12.8. The topological polar surface area (TPSA) is 77.2 Å². The summed E-state index contributed by atoms with van der Waals surface area (Å²) < 4.78 is 49.6. The molecule has 1 atom stereocenters. The van der Waals surface area contributed by atoms with E-state index in [4.69, 9.17) is 20.8 Å². The van der Waals surface area contributed by atoms with Gasteiger partial charge in [-0.1, -0.05) is 18.2 Å². The van der Waals surface area contributed by atoms with Crippen LogP contribution in [0.15, 0.2) is 29.2 Å². The SMILES string of the molecule is C=C(CCNC(=O)COc1ccc(Cl)c(F)c1)c1nnc([C@H]2CC2(F)F)o1. The van der Waals surface area contributed by atoms with Gasteiger partial charge in [-0.05, 0) is 18.6 Å². The van der Waals surface area contributed by atoms with Crippen LogP contribution in [0.1, 0.15) is 30.5 Å². The molecular formula is C17H15ClF3N3O3. The first-order valence-corrected chi connectivity index (χ1v) is 8.38. The van der Waals surface area contributed by atoms with Crippen LogP contribution in [0.25, 0.3) is 5.57 Å². The van der Waals surface area contributed by atoms with Crippen LogP contribution in [0.2, 0.25) is 5.02 Å². The van der Waals surface area contributed by atoms with Crippen molar-refractivity contribution in [1.82, 2.24) is 15.5 Å². The van der Waals surface area contributed by atoms with Crippen LogP contribution in [0, 0.1) is 5.82 Å². The number of benzene rings is 1. The summed E-state index contributed by atoms with van der Waals surface area (Å²) in [6.45, 7) is 3.63. The van der Waals surface area contributed by atoms with Crippen molar-refractivity contribution in [3.05, 3.63) is 47.4 Å². The number of carbonyl (C=O) groups is 1. The molecule has 2 aromatic rings. The number of nitrogens with zero attached hydrogens (tertiary/aromatic N) is 2. The zero-order valence-corrected chi connectivity index (χ0v) is 14.7. The largest absolute Gasteiger partial charge is 0.484 e. The molecule has 1 aliphatic carbocycles. The summed E-state index contributed by atoms with van der Waals surface area (Å²) in [5.74, 6) is -4.76. The summed E-state index contributed by atoms with van der Waals surface area (Å²) in [5.41, 5.74) is 0.415. The zero-order valence-electron chi connectivity index (χ0n) is 14.0. The lowest BCUT2D eigenvalue weighted by Gasteiger charge is -2.08. The summed E-state index contributed by atoms with van der Waals surface area (Å²) in [6.07, 6.45) is -0.0152. The van der Waals surface area contributed by atoms with Gasteiger partial charge in [-0.3, -0.25) is 4.79 Å². The fourth-order valence-corrected chi connectivity index (χ4v) is 2.34. The second kappa shape index (κ2) is 7.59. The second-order valence-corrected chi connectivity index (χ2v) is 6.44. The minimum absolute atomic E-state index is 0.0418. The van der Waals surface area contributed by atoms with Crippen molar-refractivity contribution in [3.63, 3.8) is 0 Å². The van der Waals surface area contributed by atoms with Crippen LogP contribution < -0.4 is 10.1 Å². The van der Waals surface area contributed by atoms with Gasteiger partial charge >= 0.3 is 0 Å². The van der Waals surface area contributed by atoms with Crippen molar-refractivity contribution in [2.45, 2.75) is 24.7 Å². The second-order valence-electron chi connectivity index (χ2n) is 6.03. The quantitative estimate of drug-likeness (QED) is 0.731. The Hall–Kier alpha value is -2.55. The van der Waals surface area contributed by atoms with Crippen molar-refractivity contribution < 1.29 is 27.1 Å². The zero-order chi connectivity index (χ0) is 19.6. The first kappa shape index (κ1) is 19.2. The Balaban J connectivity index is 1.39. The molecule has 144 valence electrons. The number of alkyl halides is 2. The van der Waals surface area contributed by atoms with Crippen molar-refractivity contribution in [3.8, 4) is 5.75 Å². The van der Waals surface area contributed by atoms with E-state index in [1.54, 1.807) is 0 Å². The number of nitrogens with one attached hydrogen (secondary N) is 1. The molecule has 1 saturated carbocycles. The van der Waals surface area contributed by atoms with Crippen molar-refractivity contribution in [2.24, 2.45) is 0 Å². The molecule has 6 nitrogen and oxygen atoms in total.